The van der Waals surface area contributed by atoms with Gasteiger partial charge in [0.2, 0.25) is 0 Å². The number of halogens is 1. The number of hydrogen-bond acceptors (Lipinski definition) is 3. The summed E-state index contributed by atoms with van der Waals surface area (Å²) in [5.41, 5.74) is 3.03. The van der Waals surface area contributed by atoms with E-state index in [4.69, 9.17) is 16.3 Å². The molecule has 1 atom stereocenters. The second-order valence-corrected chi connectivity index (χ2v) is 6.52. The molecule has 0 saturated heterocycles. The van der Waals surface area contributed by atoms with Crippen molar-refractivity contribution in [3.8, 4) is 5.75 Å². The molecular weight excluding hydrogens is 346 g/mol. The normalized spacial score (nSPS) is 11.9. The molecule has 3 nitrogen and oxygen atoms in total. The smallest absolute Gasteiger partial charge is 0.124 e. The minimum atomic E-state index is -0.529. The molecule has 0 aliphatic rings. The van der Waals surface area contributed by atoms with Crippen molar-refractivity contribution in [2.45, 2.75) is 19.3 Å². The van der Waals surface area contributed by atoms with E-state index in [2.05, 4.69) is 5.32 Å². The molecule has 0 aliphatic carbocycles. The molecule has 0 amide bonds. The van der Waals surface area contributed by atoms with Crippen molar-refractivity contribution in [2.24, 2.45) is 0 Å². The van der Waals surface area contributed by atoms with E-state index in [-0.39, 0.29) is 0 Å². The highest BCUT2D eigenvalue weighted by molar-refractivity contribution is 6.30. The van der Waals surface area contributed by atoms with Gasteiger partial charge in [-0.3, -0.25) is 0 Å². The summed E-state index contributed by atoms with van der Waals surface area (Å²) >= 11 is 5.91. The Bertz CT molecular complexity index is 806. The number of nitrogens with one attached hydrogen (secondary N) is 1. The molecule has 0 fully saturated rings. The zero-order chi connectivity index (χ0) is 18.2. The monoisotopic (exact) mass is 367 g/mol. The number of para-hydroxylation sites is 1. The molecule has 0 radical (unpaired) electrons. The molecule has 0 unspecified atom stereocenters. The lowest BCUT2D eigenvalue weighted by Crippen LogP contribution is -2.21. The van der Waals surface area contributed by atoms with Crippen LogP contribution in [0.3, 0.4) is 0 Å². The third-order valence-electron chi connectivity index (χ3n) is 4.12. The third-order valence-corrected chi connectivity index (χ3v) is 4.37. The van der Waals surface area contributed by atoms with Gasteiger partial charge in [0.25, 0.3) is 0 Å². The lowest BCUT2D eigenvalue weighted by atomic mass is 10.1. The zero-order valence-corrected chi connectivity index (χ0v) is 15.2. The van der Waals surface area contributed by atoms with Crippen molar-refractivity contribution in [1.29, 1.82) is 0 Å². The van der Waals surface area contributed by atoms with Crippen LogP contribution in [0.4, 0.5) is 0 Å². The fourth-order valence-corrected chi connectivity index (χ4v) is 2.79. The molecule has 0 bridgehead atoms. The Hall–Kier alpha value is -2.33. The van der Waals surface area contributed by atoms with Crippen molar-refractivity contribution in [2.75, 3.05) is 6.54 Å². The first-order chi connectivity index (χ1) is 12.7. The zero-order valence-electron chi connectivity index (χ0n) is 14.4. The highest BCUT2D eigenvalue weighted by Gasteiger charge is 2.08. The largest absolute Gasteiger partial charge is 0.489 e. The summed E-state index contributed by atoms with van der Waals surface area (Å²) in [6.45, 7) is 1.59. The minimum absolute atomic E-state index is 0.482. The van der Waals surface area contributed by atoms with Crippen LogP contribution in [-0.4, -0.2) is 11.7 Å². The van der Waals surface area contributed by atoms with Crippen LogP contribution in [0.1, 0.15) is 22.8 Å². The molecule has 0 aromatic heterocycles. The molecule has 0 aliphatic heterocycles. The molecule has 3 rings (SSSR count). The highest BCUT2D eigenvalue weighted by Crippen LogP contribution is 2.20. The maximum atomic E-state index is 10.2. The van der Waals surface area contributed by atoms with Gasteiger partial charge < -0.3 is 15.2 Å². The van der Waals surface area contributed by atoms with Gasteiger partial charge in [-0.25, -0.2) is 0 Å². The van der Waals surface area contributed by atoms with Gasteiger partial charge in [0.05, 0.1) is 6.10 Å². The Labute approximate surface area is 159 Å². The average Bonchev–Trinajstić information content (AvgIpc) is 2.69. The van der Waals surface area contributed by atoms with Crippen LogP contribution in [0.2, 0.25) is 5.02 Å². The van der Waals surface area contributed by atoms with Crippen molar-refractivity contribution < 1.29 is 9.84 Å². The quantitative estimate of drug-likeness (QED) is 0.604. The number of ether oxygens (including phenoxy) is 1. The second-order valence-electron chi connectivity index (χ2n) is 6.08. The summed E-state index contributed by atoms with van der Waals surface area (Å²) in [5.74, 6) is 0.837. The number of aliphatic hydroxyl groups is 1. The van der Waals surface area contributed by atoms with Crippen LogP contribution in [0.5, 0.6) is 5.75 Å². The molecule has 0 heterocycles. The van der Waals surface area contributed by atoms with E-state index in [0.717, 1.165) is 27.5 Å². The number of aliphatic hydroxyl groups excluding tert-OH is 1. The van der Waals surface area contributed by atoms with Crippen molar-refractivity contribution in [3.63, 3.8) is 0 Å². The van der Waals surface area contributed by atoms with Crippen molar-refractivity contribution >= 4 is 11.6 Å². The van der Waals surface area contributed by atoms with E-state index in [9.17, 15) is 5.11 Å². The fourth-order valence-electron chi connectivity index (χ4n) is 2.67. The summed E-state index contributed by atoms with van der Waals surface area (Å²) in [5, 5.41) is 14.3. The summed E-state index contributed by atoms with van der Waals surface area (Å²) in [7, 11) is 0. The average molecular weight is 368 g/mol. The first-order valence-electron chi connectivity index (χ1n) is 8.61. The topological polar surface area (TPSA) is 41.5 Å². The maximum absolute atomic E-state index is 10.2. The SMILES string of the molecule is O[C@H](CNCc1ccccc1OCc1ccc(Cl)cc1)c1ccccc1. The number of hydrogen-bond donors (Lipinski definition) is 2. The summed E-state index contributed by atoms with van der Waals surface area (Å²) in [4.78, 5) is 0. The summed E-state index contributed by atoms with van der Waals surface area (Å²) in [6.07, 6.45) is -0.529. The maximum Gasteiger partial charge on any atom is 0.124 e. The van der Waals surface area contributed by atoms with Gasteiger partial charge in [0.1, 0.15) is 12.4 Å². The summed E-state index contributed by atoms with van der Waals surface area (Å²) < 4.78 is 5.96. The predicted octanol–water partition coefficient (Wildman–Crippen LogP) is 4.74. The van der Waals surface area contributed by atoms with Crippen LogP contribution in [0.15, 0.2) is 78.9 Å². The van der Waals surface area contributed by atoms with E-state index in [1.165, 1.54) is 0 Å². The predicted molar refractivity (Wildman–Crippen MR) is 105 cm³/mol. The Morgan fingerprint density at radius 1 is 0.885 bits per heavy atom. The van der Waals surface area contributed by atoms with Gasteiger partial charge >= 0.3 is 0 Å². The molecule has 134 valence electrons. The number of rotatable bonds is 8. The highest BCUT2D eigenvalue weighted by atomic mass is 35.5. The van der Waals surface area contributed by atoms with Gasteiger partial charge in [-0.05, 0) is 29.3 Å². The van der Waals surface area contributed by atoms with Gasteiger partial charge in [-0.1, -0.05) is 72.3 Å². The van der Waals surface area contributed by atoms with Gasteiger partial charge in [0.15, 0.2) is 0 Å². The lowest BCUT2D eigenvalue weighted by molar-refractivity contribution is 0.174. The minimum Gasteiger partial charge on any atom is -0.489 e. The number of benzene rings is 3. The van der Waals surface area contributed by atoms with Crippen molar-refractivity contribution in [3.05, 3.63) is 101 Å². The van der Waals surface area contributed by atoms with E-state index < -0.39 is 6.10 Å². The Kier molecular flexibility index (Phi) is 6.67. The third kappa shape index (κ3) is 5.33. The van der Waals surface area contributed by atoms with E-state index in [0.29, 0.717) is 19.7 Å². The standard InChI is InChI=1S/C22H22ClNO2/c23-20-12-10-17(11-13-20)16-26-22-9-5-4-8-19(22)14-24-15-21(25)18-6-2-1-3-7-18/h1-13,21,24-25H,14-16H2/t21-/m1/s1. The van der Waals surface area contributed by atoms with Crippen molar-refractivity contribution in [1.82, 2.24) is 5.32 Å². The molecule has 3 aromatic rings. The van der Waals surface area contributed by atoms with Gasteiger partial charge in [-0.15, -0.1) is 0 Å². The van der Waals surface area contributed by atoms with Crippen LogP contribution >= 0.6 is 11.6 Å². The molecule has 2 N–H and O–H groups in total. The Morgan fingerprint density at radius 3 is 2.35 bits per heavy atom. The first-order valence-corrected chi connectivity index (χ1v) is 8.99. The Balaban J connectivity index is 1.54. The van der Waals surface area contributed by atoms with E-state index in [1.807, 2.05) is 78.9 Å². The Morgan fingerprint density at radius 2 is 1.58 bits per heavy atom. The van der Waals surface area contributed by atoms with Crippen LogP contribution in [0, 0.1) is 0 Å². The van der Waals surface area contributed by atoms with Gasteiger partial charge in [-0.2, -0.15) is 0 Å². The molecular formula is C22H22ClNO2. The van der Waals surface area contributed by atoms with Crippen LogP contribution in [0.25, 0.3) is 0 Å². The molecule has 3 aromatic carbocycles. The van der Waals surface area contributed by atoms with E-state index in [1.54, 1.807) is 0 Å². The summed E-state index contributed by atoms with van der Waals surface area (Å²) in [6, 6.07) is 25.2. The molecule has 26 heavy (non-hydrogen) atoms. The molecule has 0 spiro atoms. The second kappa shape index (κ2) is 9.39. The van der Waals surface area contributed by atoms with E-state index >= 15 is 0 Å². The molecule has 0 saturated carbocycles. The van der Waals surface area contributed by atoms with Crippen LogP contribution in [-0.2, 0) is 13.2 Å². The van der Waals surface area contributed by atoms with Gasteiger partial charge in [0, 0.05) is 23.7 Å². The first kappa shape index (κ1) is 18.5. The van der Waals surface area contributed by atoms with Crippen LogP contribution < -0.4 is 10.1 Å². The lowest BCUT2D eigenvalue weighted by Gasteiger charge is -2.15. The molecule has 4 heteroatoms. The fraction of sp³-hybridized carbons (Fsp3) is 0.182.